The molecule has 0 saturated carbocycles. The summed E-state index contributed by atoms with van der Waals surface area (Å²) in [6.07, 6.45) is 1.30. The molecule has 1 rings (SSSR count). The molecule has 1 atom stereocenters. The van der Waals surface area contributed by atoms with Crippen LogP contribution in [-0.4, -0.2) is 56.1 Å². The molecular weight excluding hydrogens is 174 g/mol. The van der Waals surface area contributed by atoms with Gasteiger partial charge in [0.05, 0.1) is 0 Å². The van der Waals surface area contributed by atoms with Crippen LogP contribution in [0.1, 0.15) is 20.3 Å². The monoisotopic (exact) mass is 199 g/mol. The van der Waals surface area contributed by atoms with Crippen molar-refractivity contribution in [1.29, 1.82) is 0 Å². The highest BCUT2D eigenvalue weighted by Gasteiger charge is 2.28. The molecule has 3 heteroatoms. The van der Waals surface area contributed by atoms with Gasteiger partial charge in [-0.05, 0) is 39.0 Å². The molecule has 1 saturated heterocycles. The second-order valence-corrected chi connectivity index (χ2v) is 5.51. The smallest absolute Gasteiger partial charge is 0.0229 e. The highest BCUT2D eigenvalue weighted by atomic mass is 15.2. The fraction of sp³-hybridized carbons (Fsp3) is 1.00. The molecule has 14 heavy (non-hydrogen) atoms. The third kappa shape index (κ3) is 3.23. The summed E-state index contributed by atoms with van der Waals surface area (Å²) in [5, 5.41) is 0. The van der Waals surface area contributed by atoms with Gasteiger partial charge < -0.3 is 15.5 Å². The Kier molecular flexibility index (Phi) is 3.93. The first-order valence-corrected chi connectivity index (χ1v) is 5.53. The first-order chi connectivity index (χ1) is 6.44. The van der Waals surface area contributed by atoms with E-state index in [2.05, 4.69) is 37.7 Å². The van der Waals surface area contributed by atoms with E-state index in [-0.39, 0.29) is 5.41 Å². The predicted molar refractivity (Wildman–Crippen MR) is 61.4 cm³/mol. The number of rotatable bonds is 4. The van der Waals surface area contributed by atoms with Crippen molar-refractivity contribution in [1.82, 2.24) is 9.80 Å². The molecule has 0 spiro atoms. The minimum atomic E-state index is 0.265. The third-order valence-electron chi connectivity index (χ3n) is 3.18. The molecular formula is C11H25N3. The fourth-order valence-electron chi connectivity index (χ4n) is 2.05. The van der Waals surface area contributed by atoms with Gasteiger partial charge in [0.15, 0.2) is 0 Å². The van der Waals surface area contributed by atoms with Crippen molar-refractivity contribution >= 4 is 0 Å². The maximum atomic E-state index is 5.74. The Labute approximate surface area is 88.2 Å². The number of nitrogens with two attached hydrogens (primary N) is 1. The first kappa shape index (κ1) is 12.0. The molecule has 3 nitrogen and oxygen atoms in total. The molecule has 1 aliphatic rings. The summed E-state index contributed by atoms with van der Waals surface area (Å²) < 4.78 is 0. The van der Waals surface area contributed by atoms with Crippen LogP contribution in [0.5, 0.6) is 0 Å². The van der Waals surface area contributed by atoms with Crippen LogP contribution in [-0.2, 0) is 0 Å². The Bertz CT molecular complexity index is 177. The normalized spacial score (nSPS) is 24.9. The zero-order valence-corrected chi connectivity index (χ0v) is 10.1. The molecule has 2 N–H and O–H groups in total. The van der Waals surface area contributed by atoms with E-state index in [1.54, 1.807) is 0 Å². The summed E-state index contributed by atoms with van der Waals surface area (Å²) in [5.41, 5.74) is 6.01. The third-order valence-corrected chi connectivity index (χ3v) is 3.18. The zero-order valence-electron chi connectivity index (χ0n) is 10.1. The molecule has 0 aromatic rings. The van der Waals surface area contributed by atoms with Crippen molar-refractivity contribution in [3.63, 3.8) is 0 Å². The van der Waals surface area contributed by atoms with Gasteiger partial charge in [0, 0.05) is 19.1 Å². The van der Waals surface area contributed by atoms with Gasteiger partial charge >= 0.3 is 0 Å². The zero-order chi connectivity index (χ0) is 10.8. The topological polar surface area (TPSA) is 32.5 Å². The molecule has 1 fully saturated rings. The molecule has 0 bridgehead atoms. The molecule has 0 radical (unpaired) electrons. The van der Waals surface area contributed by atoms with Gasteiger partial charge in [-0.15, -0.1) is 0 Å². The largest absolute Gasteiger partial charge is 0.330 e. The van der Waals surface area contributed by atoms with Crippen molar-refractivity contribution in [3.05, 3.63) is 0 Å². The number of hydrogen-bond acceptors (Lipinski definition) is 3. The van der Waals surface area contributed by atoms with Crippen LogP contribution in [0.3, 0.4) is 0 Å². The fourth-order valence-corrected chi connectivity index (χ4v) is 2.05. The second-order valence-electron chi connectivity index (χ2n) is 5.51. The van der Waals surface area contributed by atoms with Crippen LogP contribution in [0, 0.1) is 5.41 Å². The lowest BCUT2D eigenvalue weighted by molar-refractivity contribution is 0.199. The van der Waals surface area contributed by atoms with Crippen LogP contribution in [0.25, 0.3) is 0 Å². The summed E-state index contributed by atoms with van der Waals surface area (Å²) in [6, 6.07) is 0.739. The van der Waals surface area contributed by atoms with Crippen LogP contribution < -0.4 is 5.73 Å². The summed E-state index contributed by atoms with van der Waals surface area (Å²) in [4.78, 5) is 4.87. The Balaban J connectivity index is 2.36. The molecule has 0 aromatic heterocycles. The van der Waals surface area contributed by atoms with E-state index >= 15 is 0 Å². The van der Waals surface area contributed by atoms with E-state index in [0.717, 1.165) is 19.1 Å². The van der Waals surface area contributed by atoms with Gasteiger partial charge in [0.25, 0.3) is 0 Å². The van der Waals surface area contributed by atoms with Gasteiger partial charge in [-0.1, -0.05) is 13.8 Å². The van der Waals surface area contributed by atoms with Crippen molar-refractivity contribution in [2.75, 3.05) is 40.3 Å². The van der Waals surface area contributed by atoms with Crippen LogP contribution in [0.15, 0.2) is 0 Å². The summed E-state index contributed by atoms with van der Waals surface area (Å²) in [7, 11) is 4.34. The average molecular weight is 199 g/mol. The molecule has 0 aromatic carbocycles. The van der Waals surface area contributed by atoms with Gasteiger partial charge in [-0.3, -0.25) is 0 Å². The Morgan fingerprint density at radius 3 is 2.50 bits per heavy atom. The standard InChI is InChI=1S/C11H25N3/c1-11(2,8-12)9-14-6-5-10(7-14)13(3)4/h10H,5-9,12H2,1-4H3. The van der Waals surface area contributed by atoms with E-state index in [1.165, 1.54) is 19.5 Å². The maximum Gasteiger partial charge on any atom is 0.0229 e. The van der Waals surface area contributed by atoms with Crippen molar-refractivity contribution in [2.45, 2.75) is 26.3 Å². The maximum absolute atomic E-state index is 5.74. The molecule has 0 amide bonds. The predicted octanol–water partition coefficient (Wildman–Crippen LogP) is 0.607. The minimum absolute atomic E-state index is 0.265. The summed E-state index contributed by atoms with van der Waals surface area (Å²) in [5.74, 6) is 0. The highest BCUT2D eigenvalue weighted by Crippen LogP contribution is 2.20. The summed E-state index contributed by atoms with van der Waals surface area (Å²) in [6.45, 7) is 8.83. The van der Waals surface area contributed by atoms with E-state index in [9.17, 15) is 0 Å². The Morgan fingerprint density at radius 1 is 1.43 bits per heavy atom. The van der Waals surface area contributed by atoms with Crippen LogP contribution >= 0.6 is 0 Å². The Morgan fingerprint density at radius 2 is 2.07 bits per heavy atom. The van der Waals surface area contributed by atoms with Crippen molar-refractivity contribution in [3.8, 4) is 0 Å². The average Bonchev–Trinajstić information content (AvgIpc) is 2.52. The van der Waals surface area contributed by atoms with Crippen LogP contribution in [0.4, 0.5) is 0 Å². The number of hydrogen-bond donors (Lipinski definition) is 1. The van der Waals surface area contributed by atoms with E-state index in [0.29, 0.717) is 0 Å². The molecule has 1 unspecified atom stereocenters. The second kappa shape index (κ2) is 4.60. The molecule has 1 heterocycles. The molecule has 84 valence electrons. The van der Waals surface area contributed by atoms with Gasteiger partial charge in [-0.25, -0.2) is 0 Å². The van der Waals surface area contributed by atoms with E-state index < -0.39 is 0 Å². The highest BCUT2D eigenvalue weighted by molar-refractivity contribution is 4.84. The number of nitrogens with zero attached hydrogens (tertiary/aromatic N) is 2. The quantitative estimate of drug-likeness (QED) is 0.720. The van der Waals surface area contributed by atoms with E-state index in [1.807, 2.05) is 0 Å². The molecule has 1 aliphatic heterocycles. The number of likely N-dealkylation sites (tertiary alicyclic amines) is 1. The van der Waals surface area contributed by atoms with Crippen molar-refractivity contribution < 1.29 is 0 Å². The van der Waals surface area contributed by atoms with Gasteiger partial charge in [0.1, 0.15) is 0 Å². The van der Waals surface area contributed by atoms with Crippen LogP contribution in [0.2, 0.25) is 0 Å². The van der Waals surface area contributed by atoms with Gasteiger partial charge in [-0.2, -0.15) is 0 Å². The lowest BCUT2D eigenvalue weighted by atomic mass is 9.93. The van der Waals surface area contributed by atoms with Crippen molar-refractivity contribution in [2.24, 2.45) is 11.1 Å². The first-order valence-electron chi connectivity index (χ1n) is 5.53. The summed E-state index contributed by atoms with van der Waals surface area (Å²) >= 11 is 0. The lowest BCUT2D eigenvalue weighted by Crippen LogP contribution is -2.39. The van der Waals surface area contributed by atoms with E-state index in [4.69, 9.17) is 5.73 Å². The minimum Gasteiger partial charge on any atom is -0.330 e. The van der Waals surface area contributed by atoms with Gasteiger partial charge in [0.2, 0.25) is 0 Å². The molecule has 0 aliphatic carbocycles. The lowest BCUT2D eigenvalue weighted by Gasteiger charge is -2.29. The SMILES string of the molecule is CN(C)C1CCN(CC(C)(C)CN)C1. The number of likely N-dealkylation sites (N-methyl/N-ethyl adjacent to an activating group) is 1. The Hall–Kier alpha value is -0.120.